The predicted octanol–water partition coefficient (Wildman–Crippen LogP) is 4.42. The largest absolute Gasteiger partial charge is 0.478 e. The van der Waals surface area contributed by atoms with Gasteiger partial charge in [0.2, 0.25) is 0 Å². The number of hydrogen-bond donors (Lipinski definition) is 2. The van der Waals surface area contributed by atoms with Crippen LogP contribution in [0.3, 0.4) is 0 Å². The molecule has 0 saturated heterocycles. The first-order chi connectivity index (χ1) is 9.09. The normalized spacial score (nSPS) is 16.9. The molecule has 1 aliphatic rings. The molecule has 104 valence electrons. The summed E-state index contributed by atoms with van der Waals surface area (Å²) in [5.74, 6) is -1.66. The van der Waals surface area contributed by atoms with Crippen LogP contribution in [0.2, 0.25) is 0 Å². The van der Waals surface area contributed by atoms with Gasteiger partial charge in [0.05, 0.1) is 15.7 Å². The number of nitrogens with one attached hydrogen (secondary N) is 1. The summed E-state index contributed by atoms with van der Waals surface area (Å²) in [5, 5.41) is 12.1. The molecule has 0 radical (unpaired) electrons. The summed E-state index contributed by atoms with van der Waals surface area (Å²) in [5.41, 5.74) is 0.327. The Balaban J connectivity index is 2.16. The van der Waals surface area contributed by atoms with Gasteiger partial charge in [-0.05, 0) is 40.9 Å². The zero-order valence-electron chi connectivity index (χ0n) is 10.6. The summed E-state index contributed by atoms with van der Waals surface area (Å²) in [7, 11) is 0. The molecule has 19 heavy (non-hydrogen) atoms. The van der Waals surface area contributed by atoms with Crippen LogP contribution >= 0.6 is 15.9 Å². The summed E-state index contributed by atoms with van der Waals surface area (Å²) in [4.78, 5) is 10.9. The van der Waals surface area contributed by atoms with Crippen molar-refractivity contribution in [1.82, 2.24) is 0 Å². The van der Waals surface area contributed by atoms with E-state index in [-0.39, 0.29) is 16.1 Å². The molecular formula is C14H17BrFNO2. The molecule has 1 aliphatic carbocycles. The second-order valence-electron chi connectivity index (χ2n) is 4.93. The molecule has 2 rings (SSSR count). The van der Waals surface area contributed by atoms with Crippen LogP contribution in [0, 0.1) is 5.82 Å². The molecule has 1 aromatic carbocycles. The highest BCUT2D eigenvalue weighted by Gasteiger charge is 2.18. The van der Waals surface area contributed by atoms with Crippen molar-refractivity contribution in [2.45, 2.75) is 44.6 Å². The molecular weight excluding hydrogens is 313 g/mol. The summed E-state index contributed by atoms with van der Waals surface area (Å²) in [6.45, 7) is 0. The number of benzene rings is 1. The maximum Gasteiger partial charge on any atom is 0.336 e. The van der Waals surface area contributed by atoms with Gasteiger partial charge in [-0.15, -0.1) is 0 Å². The van der Waals surface area contributed by atoms with Crippen LogP contribution < -0.4 is 5.32 Å². The van der Waals surface area contributed by atoms with Gasteiger partial charge in [0.15, 0.2) is 5.82 Å². The molecule has 0 bridgehead atoms. The molecule has 2 N–H and O–H groups in total. The Kier molecular flexibility index (Phi) is 4.80. The maximum atomic E-state index is 14.1. The van der Waals surface area contributed by atoms with E-state index in [1.165, 1.54) is 25.0 Å². The van der Waals surface area contributed by atoms with E-state index in [1.807, 2.05) is 0 Å². The van der Waals surface area contributed by atoms with Crippen LogP contribution in [-0.4, -0.2) is 17.1 Å². The third-order valence-corrected chi connectivity index (χ3v) is 4.30. The number of halogens is 2. The van der Waals surface area contributed by atoms with Gasteiger partial charge in [-0.3, -0.25) is 0 Å². The summed E-state index contributed by atoms with van der Waals surface area (Å²) in [6, 6.07) is 3.21. The highest BCUT2D eigenvalue weighted by atomic mass is 79.9. The van der Waals surface area contributed by atoms with Gasteiger partial charge in [0.25, 0.3) is 0 Å². The van der Waals surface area contributed by atoms with Crippen molar-refractivity contribution in [3.63, 3.8) is 0 Å². The molecule has 0 unspecified atom stereocenters. The van der Waals surface area contributed by atoms with Gasteiger partial charge in [-0.2, -0.15) is 0 Å². The van der Waals surface area contributed by atoms with Gasteiger partial charge < -0.3 is 10.4 Å². The predicted molar refractivity (Wildman–Crippen MR) is 76.2 cm³/mol. The van der Waals surface area contributed by atoms with Gasteiger partial charge in [0, 0.05) is 6.04 Å². The first-order valence-electron chi connectivity index (χ1n) is 6.57. The van der Waals surface area contributed by atoms with Crippen molar-refractivity contribution in [3.05, 3.63) is 28.0 Å². The van der Waals surface area contributed by atoms with Crippen molar-refractivity contribution in [2.75, 3.05) is 5.32 Å². The van der Waals surface area contributed by atoms with Gasteiger partial charge >= 0.3 is 5.97 Å². The van der Waals surface area contributed by atoms with E-state index in [0.29, 0.717) is 5.69 Å². The van der Waals surface area contributed by atoms with Gasteiger partial charge in [0.1, 0.15) is 0 Å². The molecule has 0 atom stereocenters. The fraction of sp³-hybridized carbons (Fsp3) is 0.500. The molecule has 1 aromatic rings. The van der Waals surface area contributed by atoms with Crippen molar-refractivity contribution < 1.29 is 14.3 Å². The first kappa shape index (κ1) is 14.3. The lowest BCUT2D eigenvalue weighted by Crippen LogP contribution is -2.19. The third-order valence-electron chi connectivity index (χ3n) is 3.53. The summed E-state index contributed by atoms with van der Waals surface area (Å²) >= 11 is 3.02. The van der Waals surface area contributed by atoms with Crippen LogP contribution in [0.4, 0.5) is 10.1 Å². The standard InChI is InChI=1S/C14H17BrFNO2/c15-12-10(14(18)19)7-8-11(13(12)16)17-9-5-3-1-2-4-6-9/h7-9,17H,1-6H2,(H,18,19). The Morgan fingerprint density at radius 3 is 2.47 bits per heavy atom. The molecule has 0 aromatic heterocycles. The molecule has 0 heterocycles. The first-order valence-corrected chi connectivity index (χ1v) is 7.36. The Hall–Kier alpha value is -1.10. The van der Waals surface area contributed by atoms with Gasteiger partial charge in [-0.1, -0.05) is 25.7 Å². The number of carbonyl (C=O) groups is 1. The minimum atomic E-state index is -1.13. The van der Waals surface area contributed by atoms with E-state index in [2.05, 4.69) is 21.2 Å². The van der Waals surface area contributed by atoms with Crippen molar-refractivity contribution >= 4 is 27.6 Å². The van der Waals surface area contributed by atoms with E-state index >= 15 is 0 Å². The van der Waals surface area contributed by atoms with E-state index in [4.69, 9.17) is 5.11 Å². The number of carboxylic acids is 1. The highest BCUT2D eigenvalue weighted by molar-refractivity contribution is 9.10. The Morgan fingerprint density at radius 1 is 1.26 bits per heavy atom. The molecule has 3 nitrogen and oxygen atoms in total. The topological polar surface area (TPSA) is 49.3 Å². The summed E-state index contributed by atoms with van der Waals surface area (Å²) < 4.78 is 14.1. The van der Waals surface area contributed by atoms with E-state index in [0.717, 1.165) is 25.7 Å². The zero-order chi connectivity index (χ0) is 13.8. The SMILES string of the molecule is O=C(O)c1ccc(NC2CCCCCC2)c(F)c1Br. The summed E-state index contributed by atoms with van der Waals surface area (Å²) in [6.07, 6.45) is 6.88. The zero-order valence-corrected chi connectivity index (χ0v) is 12.2. The second kappa shape index (κ2) is 6.37. The lowest BCUT2D eigenvalue weighted by atomic mass is 10.1. The van der Waals surface area contributed by atoms with Crippen LogP contribution in [-0.2, 0) is 0 Å². The number of rotatable bonds is 3. The quantitative estimate of drug-likeness (QED) is 0.807. The highest BCUT2D eigenvalue weighted by Crippen LogP contribution is 2.29. The van der Waals surface area contributed by atoms with Crippen molar-refractivity contribution in [2.24, 2.45) is 0 Å². The fourth-order valence-electron chi connectivity index (χ4n) is 2.47. The molecule has 5 heteroatoms. The van der Waals surface area contributed by atoms with Crippen LogP contribution in [0.1, 0.15) is 48.9 Å². The molecule has 0 aliphatic heterocycles. The maximum absolute atomic E-state index is 14.1. The smallest absolute Gasteiger partial charge is 0.336 e. The molecule has 1 fully saturated rings. The molecule has 0 amide bonds. The second-order valence-corrected chi connectivity index (χ2v) is 5.72. The lowest BCUT2D eigenvalue weighted by Gasteiger charge is -2.18. The van der Waals surface area contributed by atoms with Gasteiger partial charge in [-0.25, -0.2) is 9.18 Å². The number of aromatic carboxylic acids is 1. The third kappa shape index (κ3) is 3.47. The Labute approximate surface area is 120 Å². The Morgan fingerprint density at radius 2 is 1.89 bits per heavy atom. The molecule has 1 saturated carbocycles. The number of carboxylic acid groups (broad SMARTS) is 1. The average molecular weight is 330 g/mol. The van der Waals surface area contributed by atoms with E-state index in [9.17, 15) is 9.18 Å². The lowest BCUT2D eigenvalue weighted by molar-refractivity contribution is 0.0695. The average Bonchev–Trinajstić information content (AvgIpc) is 2.63. The van der Waals surface area contributed by atoms with E-state index < -0.39 is 11.8 Å². The van der Waals surface area contributed by atoms with Crippen LogP contribution in [0.25, 0.3) is 0 Å². The Bertz CT molecular complexity index is 471. The van der Waals surface area contributed by atoms with Crippen molar-refractivity contribution in [3.8, 4) is 0 Å². The van der Waals surface area contributed by atoms with Crippen LogP contribution in [0.5, 0.6) is 0 Å². The number of anilines is 1. The number of hydrogen-bond acceptors (Lipinski definition) is 2. The minimum Gasteiger partial charge on any atom is -0.478 e. The molecule has 0 spiro atoms. The fourth-order valence-corrected chi connectivity index (χ4v) is 2.99. The monoisotopic (exact) mass is 329 g/mol. The minimum absolute atomic E-state index is 0.0126. The van der Waals surface area contributed by atoms with Crippen LogP contribution in [0.15, 0.2) is 16.6 Å². The van der Waals surface area contributed by atoms with E-state index in [1.54, 1.807) is 0 Å². The van der Waals surface area contributed by atoms with Crippen molar-refractivity contribution in [1.29, 1.82) is 0 Å².